The van der Waals surface area contributed by atoms with Crippen molar-refractivity contribution in [2.45, 2.75) is 12.8 Å². The third kappa shape index (κ3) is 1.89. The van der Waals surface area contributed by atoms with Crippen LogP contribution in [0.25, 0.3) is 0 Å². The topological polar surface area (TPSA) is 55.1 Å². The van der Waals surface area contributed by atoms with Crippen molar-refractivity contribution in [2.24, 2.45) is 5.73 Å². The van der Waals surface area contributed by atoms with Crippen LogP contribution in [0.5, 0.6) is 0 Å². The molecule has 0 saturated heterocycles. The molecule has 0 unspecified atom stereocenters. The third-order valence-electron chi connectivity index (χ3n) is 2.30. The van der Waals surface area contributed by atoms with Crippen molar-refractivity contribution >= 4 is 24.0 Å². The van der Waals surface area contributed by atoms with E-state index in [0.717, 1.165) is 17.7 Å². The molecule has 1 amide bonds. The van der Waals surface area contributed by atoms with Crippen molar-refractivity contribution in [1.29, 1.82) is 0 Å². The van der Waals surface area contributed by atoms with E-state index < -0.39 is 0 Å². The van der Waals surface area contributed by atoms with Gasteiger partial charge in [-0.15, -0.1) is 12.4 Å². The summed E-state index contributed by atoms with van der Waals surface area (Å²) in [6.45, 7) is 0.630. The van der Waals surface area contributed by atoms with E-state index in [9.17, 15) is 4.79 Å². The Bertz CT molecular complexity index is 352. The molecular formula is C10H13ClN2O. The molecule has 1 aliphatic rings. The molecular weight excluding hydrogens is 200 g/mol. The lowest BCUT2D eigenvalue weighted by Crippen LogP contribution is -2.05. The summed E-state index contributed by atoms with van der Waals surface area (Å²) in [7, 11) is 0. The van der Waals surface area contributed by atoms with Gasteiger partial charge in [-0.1, -0.05) is 12.1 Å². The smallest absolute Gasteiger partial charge is 0.228 e. The molecule has 3 N–H and O–H groups in total. The van der Waals surface area contributed by atoms with Gasteiger partial charge in [-0.3, -0.25) is 4.79 Å². The molecule has 0 aliphatic carbocycles. The highest BCUT2D eigenvalue weighted by molar-refractivity contribution is 5.99. The van der Waals surface area contributed by atoms with Gasteiger partial charge in [0.25, 0.3) is 0 Å². The summed E-state index contributed by atoms with van der Waals surface area (Å²) < 4.78 is 0. The predicted octanol–water partition coefficient (Wildman–Crippen LogP) is 1.10. The number of fused-ring (bicyclic) bond motifs is 1. The number of nitrogens with one attached hydrogen (secondary N) is 1. The van der Waals surface area contributed by atoms with Crippen LogP contribution in [0.4, 0.5) is 5.69 Å². The van der Waals surface area contributed by atoms with Crippen molar-refractivity contribution < 1.29 is 4.79 Å². The SMILES string of the molecule is Cl.NCCc1cccc2c1CC(=O)N2. The van der Waals surface area contributed by atoms with E-state index in [0.29, 0.717) is 13.0 Å². The van der Waals surface area contributed by atoms with Crippen LogP contribution in [0.2, 0.25) is 0 Å². The second-order valence-corrected chi connectivity index (χ2v) is 3.21. The summed E-state index contributed by atoms with van der Waals surface area (Å²) >= 11 is 0. The molecule has 0 spiro atoms. The largest absolute Gasteiger partial charge is 0.330 e. The van der Waals surface area contributed by atoms with Gasteiger partial charge < -0.3 is 11.1 Å². The predicted molar refractivity (Wildman–Crippen MR) is 58.8 cm³/mol. The van der Waals surface area contributed by atoms with Gasteiger partial charge in [-0.2, -0.15) is 0 Å². The fraction of sp³-hybridized carbons (Fsp3) is 0.300. The zero-order valence-electron chi connectivity index (χ0n) is 7.75. The second kappa shape index (κ2) is 4.44. The first kappa shape index (κ1) is 11.0. The number of carbonyl (C=O) groups excluding carboxylic acids is 1. The molecule has 0 saturated carbocycles. The molecule has 0 fully saturated rings. The quantitative estimate of drug-likeness (QED) is 0.772. The number of halogens is 1. The standard InChI is InChI=1S/C10H12N2O.ClH/c11-5-4-7-2-1-3-9-8(7)6-10(13)12-9;/h1-3H,4-6,11H2,(H,12,13);1H. The Kier molecular flexibility index (Phi) is 3.49. The van der Waals surface area contributed by atoms with Gasteiger partial charge in [-0.25, -0.2) is 0 Å². The summed E-state index contributed by atoms with van der Waals surface area (Å²) in [4.78, 5) is 11.1. The maximum Gasteiger partial charge on any atom is 0.228 e. The first-order valence-electron chi connectivity index (χ1n) is 4.42. The highest BCUT2D eigenvalue weighted by Crippen LogP contribution is 2.26. The normalized spacial score (nSPS) is 13.1. The monoisotopic (exact) mass is 212 g/mol. The first-order valence-corrected chi connectivity index (χ1v) is 4.42. The Labute approximate surface area is 89.1 Å². The van der Waals surface area contributed by atoms with E-state index in [1.807, 2.05) is 18.2 Å². The van der Waals surface area contributed by atoms with Crippen LogP contribution in [-0.2, 0) is 17.6 Å². The number of benzene rings is 1. The Morgan fingerprint density at radius 1 is 1.43 bits per heavy atom. The molecule has 1 heterocycles. The number of anilines is 1. The molecule has 1 aliphatic heterocycles. The summed E-state index contributed by atoms with van der Waals surface area (Å²) in [6, 6.07) is 5.92. The Morgan fingerprint density at radius 2 is 2.21 bits per heavy atom. The van der Waals surface area contributed by atoms with E-state index in [2.05, 4.69) is 5.32 Å². The molecule has 4 heteroatoms. The molecule has 0 bridgehead atoms. The number of hydrogen-bond donors (Lipinski definition) is 2. The zero-order valence-corrected chi connectivity index (χ0v) is 8.56. The van der Waals surface area contributed by atoms with E-state index in [-0.39, 0.29) is 18.3 Å². The average Bonchev–Trinajstić information content (AvgIpc) is 2.47. The second-order valence-electron chi connectivity index (χ2n) is 3.21. The van der Waals surface area contributed by atoms with Crippen molar-refractivity contribution in [1.82, 2.24) is 0 Å². The van der Waals surface area contributed by atoms with Crippen molar-refractivity contribution in [3.05, 3.63) is 29.3 Å². The molecule has 1 aromatic rings. The van der Waals surface area contributed by atoms with Gasteiger partial charge in [0.15, 0.2) is 0 Å². The molecule has 0 atom stereocenters. The van der Waals surface area contributed by atoms with Crippen molar-refractivity contribution in [3.8, 4) is 0 Å². The maximum absolute atomic E-state index is 11.1. The fourth-order valence-corrected chi connectivity index (χ4v) is 1.71. The summed E-state index contributed by atoms with van der Waals surface area (Å²) in [5.41, 5.74) is 8.75. The minimum atomic E-state index is 0. The minimum Gasteiger partial charge on any atom is -0.330 e. The van der Waals surface area contributed by atoms with Crippen LogP contribution in [0.15, 0.2) is 18.2 Å². The number of nitrogens with two attached hydrogens (primary N) is 1. The Balaban J connectivity index is 0.000000980. The zero-order chi connectivity index (χ0) is 9.26. The number of hydrogen-bond acceptors (Lipinski definition) is 2. The van der Waals surface area contributed by atoms with Crippen molar-refractivity contribution in [3.63, 3.8) is 0 Å². The molecule has 3 nitrogen and oxygen atoms in total. The molecule has 0 radical (unpaired) electrons. The van der Waals surface area contributed by atoms with Crippen LogP contribution in [0, 0.1) is 0 Å². The van der Waals surface area contributed by atoms with Crippen LogP contribution in [0.1, 0.15) is 11.1 Å². The van der Waals surface area contributed by atoms with Crippen LogP contribution in [0.3, 0.4) is 0 Å². The van der Waals surface area contributed by atoms with Gasteiger partial charge in [0, 0.05) is 5.69 Å². The Morgan fingerprint density at radius 3 is 2.93 bits per heavy atom. The van der Waals surface area contributed by atoms with E-state index in [1.165, 1.54) is 5.56 Å². The number of amides is 1. The first-order chi connectivity index (χ1) is 6.31. The van der Waals surface area contributed by atoms with E-state index in [4.69, 9.17) is 5.73 Å². The van der Waals surface area contributed by atoms with Crippen LogP contribution >= 0.6 is 12.4 Å². The molecule has 14 heavy (non-hydrogen) atoms. The lowest BCUT2D eigenvalue weighted by molar-refractivity contribution is -0.115. The molecule has 2 rings (SSSR count). The number of carbonyl (C=O) groups is 1. The van der Waals surface area contributed by atoms with Crippen molar-refractivity contribution in [2.75, 3.05) is 11.9 Å². The minimum absolute atomic E-state index is 0. The summed E-state index contributed by atoms with van der Waals surface area (Å²) in [5, 5.41) is 2.82. The van der Waals surface area contributed by atoms with Gasteiger partial charge in [0.05, 0.1) is 6.42 Å². The molecule has 76 valence electrons. The third-order valence-corrected chi connectivity index (χ3v) is 2.30. The molecule has 0 aromatic heterocycles. The maximum atomic E-state index is 11.1. The van der Waals surface area contributed by atoms with Crippen LogP contribution < -0.4 is 11.1 Å². The van der Waals surface area contributed by atoms with E-state index in [1.54, 1.807) is 0 Å². The van der Waals surface area contributed by atoms with Gasteiger partial charge in [-0.05, 0) is 30.2 Å². The fourth-order valence-electron chi connectivity index (χ4n) is 1.71. The Hall–Kier alpha value is -1.06. The summed E-state index contributed by atoms with van der Waals surface area (Å²) in [6.07, 6.45) is 1.35. The highest BCUT2D eigenvalue weighted by Gasteiger charge is 2.19. The molecule has 1 aromatic carbocycles. The lowest BCUT2D eigenvalue weighted by Gasteiger charge is -2.04. The van der Waals surface area contributed by atoms with Crippen LogP contribution in [-0.4, -0.2) is 12.5 Å². The van der Waals surface area contributed by atoms with Gasteiger partial charge in [0.2, 0.25) is 5.91 Å². The van der Waals surface area contributed by atoms with E-state index >= 15 is 0 Å². The average molecular weight is 213 g/mol. The van der Waals surface area contributed by atoms with Gasteiger partial charge >= 0.3 is 0 Å². The highest BCUT2D eigenvalue weighted by atomic mass is 35.5. The van der Waals surface area contributed by atoms with Gasteiger partial charge in [0.1, 0.15) is 0 Å². The lowest BCUT2D eigenvalue weighted by atomic mass is 10.0. The number of rotatable bonds is 2. The summed E-state index contributed by atoms with van der Waals surface area (Å²) in [5.74, 6) is 0.0828.